The zero-order chi connectivity index (χ0) is 15.7. The molecule has 0 saturated carbocycles. The predicted molar refractivity (Wildman–Crippen MR) is 88.1 cm³/mol. The molecular weight excluding hydrogens is 311 g/mol. The number of hydrogen-bond donors (Lipinski definition) is 2. The molecule has 4 nitrogen and oxygen atoms in total. The Morgan fingerprint density at radius 2 is 1.90 bits per heavy atom. The Bertz CT molecular complexity index is 435. The molecule has 0 radical (unpaired) electrons. The van der Waals surface area contributed by atoms with Gasteiger partial charge >= 0.3 is 0 Å². The van der Waals surface area contributed by atoms with E-state index in [1.165, 1.54) is 0 Å². The van der Waals surface area contributed by atoms with Crippen molar-refractivity contribution < 1.29 is 9.90 Å². The molecule has 1 aromatic carbocycles. The number of aliphatic hydroxyl groups excluding tert-OH is 1. The van der Waals surface area contributed by atoms with Crippen molar-refractivity contribution >= 4 is 34.8 Å². The van der Waals surface area contributed by atoms with Crippen molar-refractivity contribution in [3.05, 3.63) is 28.2 Å². The Morgan fingerprint density at radius 3 is 2.48 bits per heavy atom. The van der Waals surface area contributed by atoms with Crippen LogP contribution in [0, 0.1) is 0 Å². The largest absolute Gasteiger partial charge is 0.395 e. The Hall–Kier alpha value is -0.810. The Balaban J connectivity index is 2.49. The van der Waals surface area contributed by atoms with Gasteiger partial charge < -0.3 is 15.3 Å². The molecule has 118 valence electrons. The normalized spacial score (nSPS) is 10.9. The summed E-state index contributed by atoms with van der Waals surface area (Å²) in [5, 5.41) is 12.6. The van der Waals surface area contributed by atoms with Crippen molar-refractivity contribution in [2.24, 2.45) is 0 Å². The quantitative estimate of drug-likeness (QED) is 0.728. The second kappa shape index (κ2) is 10.0. The summed E-state index contributed by atoms with van der Waals surface area (Å²) in [5.74, 6) is -0.135. The van der Waals surface area contributed by atoms with Crippen molar-refractivity contribution in [3.63, 3.8) is 0 Å². The summed E-state index contributed by atoms with van der Waals surface area (Å²) in [7, 11) is 0. The van der Waals surface area contributed by atoms with Crippen LogP contribution in [-0.2, 0) is 4.79 Å². The van der Waals surface area contributed by atoms with Gasteiger partial charge in [-0.15, -0.1) is 0 Å². The fourth-order valence-corrected chi connectivity index (χ4v) is 2.43. The molecular formula is C15H22Cl2N2O2. The number of hydrogen-bond acceptors (Lipinski definition) is 3. The van der Waals surface area contributed by atoms with Crippen molar-refractivity contribution in [3.8, 4) is 0 Å². The van der Waals surface area contributed by atoms with Gasteiger partial charge in [-0.05, 0) is 25.1 Å². The average molecular weight is 333 g/mol. The first kappa shape index (κ1) is 18.2. The number of carbonyl (C=O) groups is 1. The second-order valence-electron chi connectivity index (χ2n) is 4.81. The van der Waals surface area contributed by atoms with Crippen molar-refractivity contribution in [1.29, 1.82) is 0 Å². The Kier molecular flexibility index (Phi) is 8.69. The lowest BCUT2D eigenvalue weighted by Crippen LogP contribution is -2.31. The third-order valence-corrected chi connectivity index (χ3v) is 3.76. The van der Waals surface area contributed by atoms with E-state index < -0.39 is 0 Å². The standard InChI is InChI=1S/C15H22Cl2N2O2/c1-2-3-8-19(10-11-20)9-7-14(21)18-15-12(16)5-4-6-13(15)17/h4-6,20H,2-3,7-11H2,1H3,(H,18,21). The van der Waals surface area contributed by atoms with E-state index in [4.69, 9.17) is 28.3 Å². The number of rotatable bonds is 9. The molecule has 0 aliphatic rings. The lowest BCUT2D eigenvalue weighted by atomic mass is 10.2. The number of nitrogens with zero attached hydrogens (tertiary/aromatic N) is 1. The van der Waals surface area contributed by atoms with E-state index in [-0.39, 0.29) is 12.5 Å². The number of amides is 1. The molecule has 21 heavy (non-hydrogen) atoms. The molecule has 0 atom stereocenters. The lowest BCUT2D eigenvalue weighted by molar-refractivity contribution is -0.116. The number of unbranched alkanes of at least 4 members (excludes halogenated alkanes) is 1. The van der Waals surface area contributed by atoms with E-state index >= 15 is 0 Å². The highest BCUT2D eigenvalue weighted by molar-refractivity contribution is 6.39. The van der Waals surface area contributed by atoms with Crippen LogP contribution in [0.1, 0.15) is 26.2 Å². The van der Waals surface area contributed by atoms with E-state index in [1.54, 1.807) is 18.2 Å². The minimum Gasteiger partial charge on any atom is -0.395 e. The third-order valence-electron chi connectivity index (χ3n) is 3.13. The molecule has 0 saturated heterocycles. The number of aliphatic hydroxyl groups is 1. The smallest absolute Gasteiger partial charge is 0.225 e. The molecule has 0 spiro atoms. The van der Waals surface area contributed by atoms with E-state index in [2.05, 4.69) is 17.1 Å². The summed E-state index contributed by atoms with van der Waals surface area (Å²) >= 11 is 12.0. The molecule has 0 aliphatic carbocycles. The SMILES string of the molecule is CCCCN(CCO)CCC(=O)Nc1c(Cl)cccc1Cl. The maximum atomic E-state index is 12.0. The van der Waals surface area contributed by atoms with Gasteiger partial charge in [0, 0.05) is 19.5 Å². The minimum absolute atomic E-state index is 0.0989. The summed E-state index contributed by atoms with van der Waals surface area (Å²) in [6.07, 6.45) is 2.48. The first-order valence-electron chi connectivity index (χ1n) is 7.15. The molecule has 6 heteroatoms. The summed E-state index contributed by atoms with van der Waals surface area (Å²) in [4.78, 5) is 14.1. The van der Waals surface area contributed by atoms with Crippen LogP contribution in [0.15, 0.2) is 18.2 Å². The van der Waals surface area contributed by atoms with Crippen LogP contribution < -0.4 is 5.32 Å². The molecule has 0 aliphatic heterocycles. The first-order valence-corrected chi connectivity index (χ1v) is 7.91. The van der Waals surface area contributed by atoms with Crippen molar-refractivity contribution in [2.45, 2.75) is 26.2 Å². The van der Waals surface area contributed by atoms with Crippen LogP contribution in [0.4, 0.5) is 5.69 Å². The molecule has 0 bridgehead atoms. The van der Waals surface area contributed by atoms with E-state index in [0.29, 0.717) is 35.2 Å². The van der Waals surface area contributed by atoms with Gasteiger partial charge in [0.15, 0.2) is 0 Å². The molecule has 2 N–H and O–H groups in total. The molecule has 0 fully saturated rings. The van der Waals surface area contributed by atoms with Crippen LogP contribution in [0.3, 0.4) is 0 Å². The number of carbonyl (C=O) groups excluding carboxylic acids is 1. The number of nitrogens with one attached hydrogen (secondary N) is 1. The van der Waals surface area contributed by atoms with Crippen LogP contribution in [0.2, 0.25) is 10.0 Å². The highest BCUT2D eigenvalue weighted by atomic mass is 35.5. The average Bonchev–Trinajstić information content (AvgIpc) is 2.46. The van der Waals surface area contributed by atoms with Gasteiger partial charge in [0.05, 0.1) is 22.3 Å². The molecule has 0 unspecified atom stereocenters. The lowest BCUT2D eigenvalue weighted by Gasteiger charge is -2.20. The van der Waals surface area contributed by atoms with Gasteiger partial charge in [-0.2, -0.15) is 0 Å². The third kappa shape index (κ3) is 6.66. The molecule has 1 amide bonds. The monoisotopic (exact) mass is 332 g/mol. The zero-order valence-electron chi connectivity index (χ0n) is 12.2. The topological polar surface area (TPSA) is 52.6 Å². The van der Waals surface area contributed by atoms with Crippen LogP contribution in [0.5, 0.6) is 0 Å². The molecule has 1 rings (SSSR count). The maximum Gasteiger partial charge on any atom is 0.225 e. The zero-order valence-corrected chi connectivity index (χ0v) is 13.8. The van der Waals surface area contributed by atoms with Gasteiger partial charge in [0.1, 0.15) is 0 Å². The minimum atomic E-state index is -0.135. The highest BCUT2D eigenvalue weighted by Gasteiger charge is 2.11. The maximum absolute atomic E-state index is 12.0. The number of para-hydroxylation sites is 1. The van der Waals surface area contributed by atoms with Crippen molar-refractivity contribution in [2.75, 3.05) is 31.6 Å². The number of halogens is 2. The van der Waals surface area contributed by atoms with Crippen LogP contribution in [-0.4, -0.2) is 42.2 Å². The fraction of sp³-hybridized carbons (Fsp3) is 0.533. The van der Waals surface area contributed by atoms with Gasteiger partial charge in [-0.25, -0.2) is 0 Å². The van der Waals surface area contributed by atoms with Gasteiger partial charge in [-0.1, -0.05) is 42.6 Å². The summed E-state index contributed by atoms with van der Waals surface area (Å²) < 4.78 is 0. The molecule has 0 heterocycles. The highest BCUT2D eigenvalue weighted by Crippen LogP contribution is 2.29. The Morgan fingerprint density at radius 1 is 1.24 bits per heavy atom. The summed E-state index contributed by atoms with van der Waals surface area (Å²) in [6.45, 7) is 4.29. The molecule has 0 aromatic heterocycles. The van der Waals surface area contributed by atoms with Crippen molar-refractivity contribution in [1.82, 2.24) is 4.90 Å². The van der Waals surface area contributed by atoms with E-state index in [1.807, 2.05) is 0 Å². The van der Waals surface area contributed by atoms with Crippen LogP contribution in [0.25, 0.3) is 0 Å². The number of anilines is 1. The number of benzene rings is 1. The van der Waals surface area contributed by atoms with Gasteiger partial charge in [-0.3, -0.25) is 4.79 Å². The summed E-state index contributed by atoms with van der Waals surface area (Å²) in [6, 6.07) is 5.10. The fourth-order valence-electron chi connectivity index (χ4n) is 1.94. The molecule has 1 aromatic rings. The summed E-state index contributed by atoms with van der Waals surface area (Å²) in [5.41, 5.74) is 0.452. The predicted octanol–water partition coefficient (Wildman–Crippen LogP) is 3.42. The van der Waals surface area contributed by atoms with E-state index in [9.17, 15) is 4.79 Å². The van der Waals surface area contributed by atoms with Gasteiger partial charge in [0.2, 0.25) is 5.91 Å². The second-order valence-corrected chi connectivity index (χ2v) is 5.63. The van der Waals surface area contributed by atoms with Crippen LogP contribution >= 0.6 is 23.2 Å². The van der Waals surface area contributed by atoms with Gasteiger partial charge in [0.25, 0.3) is 0 Å². The van der Waals surface area contributed by atoms with E-state index in [0.717, 1.165) is 19.4 Å². The Labute approximate surface area is 136 Å². The first-order chi connectivity index (χ1) is 10.1.